The van der Waals surface area contributed by atoms with E-state index in [4.69, 9.17) is 9.26 Å². The Morgan fingerprint density at radius 1 is 1.23 bits per heavy atom. The van der Waals surface area contributed by atoms with Crippen molar-refractivity contribution in [2.75, 3.05) is 39.8 Å². The molecule has 1 aromatic rings. The zero-order valence-electron chi connectivity index (χ0n) is 20.2. The van der Waals surface area contributed by atoms with Crippen molar-refractivity contribution in [2.45, 2.75) is 72.1 Å². The molecule has 0 atom stereocenters. The lowest BCUT2D eigenvalue weighted by Gasteiger charge is -2.38. The van der Waals surface area contributed by atoms with E-state index in [1.807, 2.05) is 33.8 Å². The van der Waals surface area contributed by atoms with Gasteiger partial charge in [0.25, 0.3) is 0 Å². The van der Waals surface area contributed by atoms with Crippen LogP contribution >= 0.6 is 0 Å². The van der Waals surface area contributed by atoms with Crippen molar-refractivity contribution in [3.8, 4) is 0 Å². The monoisotopic (exact) mass is 436 g/mol. The van der Waals surface area contributed by atoms with E-state index in [0.717, 1.165) is 63.0 Å². The van der Waals surface area contributed by atoms with Gasteiger partial charge in [0.2, 0.25) is 0 Å². The molecule has 0 spiro atoms. The Labute approximate surface area is 186 Å². The molecule has 2 heterocycles. The molecule has 0 aromatic carbocycles. The smallest absolute Gasteiger partial charge is 0.408 e. The molecule has 9 nitrogen and oxygen atoms in total. The van der Waals surface area contributed by atoms with Gasteiger partial charge in [0.15, 0.2) is 5.96 Å². The Bertz CT molecular complexity index is 728. The van der Waals surface area contributed by atoms with Gasteiger partial charge in [0.05, 0.1) is 11.2 Å². The average Bonchev–Trinajstić information content (AvgIpc) is 3.11. The minimum Gasteiger partial charge on any atom is -0.444 e. The zero-order chi connectivity index (χ0) is 23.1. The van der Waals surface area contributed by atoms with Crippen LogP contribution in [0.15, 0.2) is 15.6 Å². The first-order valence-electron chi connectivity index (χ1n) is 11.2. The lowest BCUT2D eigenvalue weighted by Crippen LogP contribution is -2.59. The third kappa shape index (κ3) is 7.72. The summed E-state index contributed by atoms with van der Waals surface area (Å²) in [6, 6.07) is 1.99. The second-order valence-corrected chi connectivity index (χ2v) is 9.21. The van der Waals surface area contributed by atoms with Crippen LogP contribution in [0.1, 0.15) is 58.9 Å². The number of guanidine groups is 1. The number of piperazine rings is 1. The van der Waals surface area contributed by atoms with Crippen molar-refractivity contribution >= 4 is 12.1 Å². The van der Waals surface area contributed by atoms with Crippen LogP contribution in [0, 0.1) is 6.92 Å². The van der Waals surface area contributed by atoms with Crippen LogP contribution in [0.2, 0.25) is 0 Å². The molecular formula is C22H40N6O3. The van der Waals surface area contributed by atoms with Crippen molar-refractivity contribution in [1.82, 2.24) is 25.6 Å². The predicted molar refractivity (Wildman–Crippen MR) is 122 cm³/mol. The molecule has 1 amide bonds. The molecule has 1 aliphatic heterocycles. The number of amides is 1. The van der Waals surface area contributed by atoms with Gasteiger partial charge in [-0.05, 0) is 40.5 Å². The third-order valence-electron chi connectivity index (χ3n) is 5.65. The summed E-state index contributed by atoms with van der Waals surface area (Å²) in [5, 5.41) is 10.7. The van der Waals surface area contributed by atoms with Crippen LogP contribution in [0.25, 0.3) is 0 Å². The van der Waals surface area contributed by atoms with E-state index in [2.05, 4.69) is 44.4 Å². The molecule has 2 N–H and O–H groups in total. The van der Waals surface area contributed by atoms with Crippen LogP contribution in [0.3, 0.4) is 0 Å². The van der Waals surface area contributed by atoms with E-state index in [0.29, 0.717) is 6.54 Å². The maximum absolute atomic E-state index is 12.4. The molecule has 176 valence electrons. The van der Waals surface area contributed by atoms with Gasteiger partial charge in [-0.1, -0.05) is 19.0 Å². The van der Waals surface area contributed by atoms with Gasteiger partial charge in [0.1, 0.15) is 11.4 Å². The van der Waals surface area contributed by atoms with Crippen molar-refractivity contribution < 1.29 is 14.1 Å². The Kier molecular flexibility index (Phi) is 8.73. The van der Waals surface area contributed by atoms with Gasteiger partial charge in [-0.2, -0.15) is 0 Å². The highest BCUT2D eigenvalue weighted by Crippen LogP contribution is 2.17. The maximum Gasteiger partial charge on any atom is 0.408 e. The van der Waals surface area contributed by atoms with Crippen LogP contribution < -0.4 is 10.6 Å². The van der Waals surface area contributed by atoms with Gasteiger partial charge < -0.3 is 24.8 Å². The summed E-state index contributed by atoms with van der Waals surface area (Å²) >= 11 is 0. The number of carbonyl (C=O) groups is 1. The highest BCUT2D eigenvalue weighted by Gasteiger charge is 2.31. The van der Waals surface area contributed by atoms with Crippen molar-refractivity contribution in [3.63, 3.8) is 0 Å². The normalized spacial score (nSPS) is 16.4. The Balaban J connectivity index is 1.88. The van der Waals surface area contributed by atoms with Gasteiger partial charge in [-0.25, -0.2) is 4.79 Å². The average molecular weight is 437 g/mol. The van der Waals surface area contributed by atoms with Crippen LogP contribution in [0.4, 0.5) is 4.79 Å². The molecule has 1 aromatic heterocycles. The van der Waals surface area contributed by atoms with Gasteiger partial charge >= 0.3 is 6.09 Å². The molecule has 2 rings (SSSR count). The molecule has 0 bridgehead atoms. The molecule has 1 saturated heterocycles. The number of hydrogen-bond donors (Lipinski definition) is 2. The summed E-state index contributed by atoms with van der Waals surface area (Å²) in [5.41, 5.74) is 0.0492. The fourth-order valence-electron chi connectivity index (χ4n) is 3.66. The van der Waals surface area contributed by atoms with E-state index in [-0.39, 0.29) is 6.09 Å². The number of aliphatic imine (C=N–C) groups is 1. The molecule has 1 aliphatic rings. The van der Waals surface area contributed by atoms with E-state index in [9.17, 15) is 4.79 Å². The number of nitrogens with one attached hydrogen (secondary N) is 2. The fraction of sp³-hybridized carbons (Fsp3) is 0.773. The Morgan fingerprint density at radius 3 is 2.35 bits per heavy atom. The number of aromatic nitrogens is 1. The number of alkyl carbamates (subject to hydrolysis) is 1. The Morgan fingerprint density at radius 2 is 1.87 bits per heavy atom. The van der Waals surface area contributed by atoms with Gasteiger partial charge in [-0.3, -0.25) is 9.89 Å². The minimum atomic E-state index is -0.523. The number of hydrogen-bond acceptors (Lipinski definition) is 6. The molecule has 31 heavy (non-hydrogen) atoms. The fourth-order valence-corrected chi connectivity index (χ4v) is 3.66. The number of carbonyl (C=O) groups excluding carboxylic acids is 1. The van der Waals surface area contributed by atoms with Crippen LogP contribution in [0.5, 0.6) is 0 Å². The molecular weight excluding hydrogens is 396 g/mol. The van der Waals surface area contributed by atoms with E-state index in [1.54, 1.807) is 7.05 Å². The summed E-state index contributed by atoms with van der Waals surface area (Å²) in [5.74, 6) is 1.70. The van der Waals surface area contributed by atoms with Crippen LogP contribution in [-0.2, 0) is 11.3 Å². The first kappa shape index (κ1) is 25.0. The lowest BCUT2D eigenvalue weighted by atomic mass is 9.93. The van der Waals surface area contributed by atoms with E-state index >= 15 is 0 Å². The SMILES string of the molecule is CCC(CC)(CNC(=NC)N1CCN(Cc2cc(C)on2)CC1)NC(=O)OC(C)(C)C. The lowest BCUT2D eigenvalue weighted by molar-refractivity contribution is 0.0448. The highest BCUT2D eigenvalue weighted by molar-refractivity contribution is 5.80. The summed E-state index contributed by atoms with van der Waals surface area (Å²) in [6.45, 7) is 16.7. The summed E-state index contributed by atoms with van der Waals surface area (Å²) in [4.78, 5) is 21.5. The first-order chi connectivity index (χ1) is 14.6. The molecule has 1 fully saturated rings. The number of aryl methyl sites for hydroxylation is 1. The highest BCUT2D eigenvalue weighted by atomic mass is 16.6. The molecule has 0 aliphatic carbocycles. The quantitative estimate of drug-likeness (QED) is 0.501. The van der Waals surface area contributed by atoms with E-state index < -0.39 is 11.1 Å². The largest absolute Gasteiger partial charge is 0.444 e. The Hall–Kier alpha value is -2.29. The zero-order valence-corrected chi connectivity index (χ0v) is 20.2. The molecule has 0 radical (unpaired) electrons. The summed E-state index contributed by atoms with van der Waals surface area (Å²) in [6.07, 6.45) is 1.19. The predicted octanol–water partition coefficient (Wildman–Crippen LogP) is 2.76. The maximum atomic E-state index is 12.4. The van der Waals surface area contributed by atoms with Crippen molar-refractivity contribution in [3.05, 3.63) is 17.5 Å². The second-order valence-electron chi connectivity index (χ2n) is 9.21. The van der Waals surface area contributed by atoms with Crippen LogP contribution in [-0.4, -0.2) is 77.9 Å². The van der Waals surface area contributed by atoms with E-state index in [1.165, 1.54) is 0 Å². The van der Waals surface area contributed by atoms with Crippen molar-refractivity contribution in [2.24, 2.45) is 4.99 Å². The van der Waals surface area contributed by atoms with Gasteiger partial charge in [-0.15, -0.1) is 0 Å². The standard InChI is InChI=1S/C22H40N6O3/c1-8-22(9-2,25-20(29)30-21(4,5)6)16-24-19(23-7)28-12-10-27(11-13-28)15-18-14-17(3)31-26-18/h14H,8-13,15-16H2,1-7H3,(H,23,24)(H,25,29). The molecule has 0 saturated carbocycles. The minimum absolute atomic E-state index is 0.385. The number of rotatable bonds is 7. The number of nitrogens with zero attached hydrogens (tertiary/aromatic N) is 4. The molecule has 0 unspecified atom stereocenters. The number of ether oxygens (including phenoxy) is 1. The third-order valence-corrected chi connectivity index (χ3v) is 5.65. The van der Waals surface area contributed by atoms with Gasteiger partial charge in [0, 0.05) is 52.4 Å². The second kappa shape index (κ2) is 10.8. The van der Waals surface area contributed by atoms with Crippen molar-refractivity contribution in [1.29, 1.82) is 0 Å². The summed E-state index contributed by atoms with van der Waals surface area (Å²) in [7, 11) is 1.80. The molecule has 9 heteroatoms. The first-order valence-corrected chi connectivity index (χ1v) is 11.2. The topological polar surface area (TPSA) is 95.2 Å². The summed E-state index contributed by atoms with van der Waals surface area (Å²) < 4.78 is 10.6.